The number of nitrogens with zero attached hydrogens (tertiary/aromatic N) is 2. The summed E-state index contributed by atoms with van der Waals surface area (Å²) in [4.78, 5) is 10.6. The number of rotatable bonds is 7. The first-order chi connectivity index (χ1) is 9.69. The number of hydrogen-bond donors (Lipinski definition) is 1. The average molecular weight is 270 g/mol. The smallest absolute Gasteiger partial charge is 0.346 e. The van der Waals surface area contributed by atoms with E-state index in [0.717, 1.165) is 25.1 Å². The van der Waals surface area contributed by atoms with Crippen LogP contribution < -0.4 is 0 Å². The molecule has 4 nitrogen and oxygen atoms in total. The van der Waals surface area contributed by atoms with E-state index in [9.17, 15) is 4.79 Å². The van der Waals surface area contributed by atoms with Gasteiger partial charge >= 0.3 is 5.97 Å². The van der Waals surface area contributed by atoms with Crippen LogP contribution in [-0.4, -0.2) is 15.6 Å². The van der Waals surface area contributed by atoms with Crippen LogP contribution in [0.4, 0.5) is 0 Å². The number of allylic oxidation sites excluding steroid dienone is 4. The molecular weight excluding hydrogens is 252 g/mol. The number of aromatic nitrogens is 1. The van der Waals surface area contributed by atoms with Crippen molar-refractivity contribution in [3.05, 3.63) is 53.9 Å². The third-order valence-electron chi connectivity index (χ3n) is 2.72. The maximum absolute atomic E-state index is 10.6. The summed E-state index contributed by atoms with van der Waals surface area (Å²) in [5, 5.41) is 17.2. The number of aryl methyl sites for hydroxylation is 1. The Kier molecular flexibility index (Phi) is 6.63. The van der Waals surface area contributed by atoms with Crippen molar-refractivity contribution in [1.29, 1.82) is 5.26 Å². The first kappa shape index (κ1) is 15.5. The molecule has 0 bridgehead atoms. The molecule has 1 rings (SSSR count). The minimum absolute atomic E-state index is 0.277. The molecule has 0 unspecified atom stereocenters. The highest BCUT2D eigenvalue weighted by Crippen LogP contribution is 2.07. The molecule has 1 N–H and O–H groups in total. The molecule has 0 radical (unpaired) electrons. The summed E-state index contributed by atoms with van der Waals surface area (Å²) in [6.45, 7) is 3.15. The maximum Gasteiger partial charge on any atom is 0.346 e. The van der Waals surface area contributed by atoms with Crippen molar-refractivity contribution in [2.75, 3.05) is 0 Å². The van der Waals surface area contributed by atoms with E-state index in [2.05, 4.69) is 11.5 Å². The highest BCUT2D eigenvalue weighted by Gasteiger charge is 2.02. The number of carbonyl (C=O) groups is 1. The Morgan fingerprint density at radius 2 is 2.25 bits per heavy atom. The summed E-state index contributed by atoms with van der Waals surface area (Å²) in [5.74, 6) is -1.21. The fourth-order valence-electron chi connectivity index (χ4n) is 1.64. The normalized spacial score (nSPS) is 12.1. The van der Waals surface area contributed by atoms with Crippen LogP contribution in [0, 0.1) is 11.3 Å². The van der Waals surface area contributed by atoms with Gasteiger partial charge in [-0.05, 0) is 30.7 Å². The van der Waals surface area contributed by atoms with Gasteiger partial charge in [-0.25, -0.2) is 4.79 Å². The Balaban J connectivity index is 2.64. The second-order valence-electron chi connectivity index (χ2n) is 4.22. The number of carboxylic acids is 1. The van der Waals surface area contributed by atoms with E-state index in [1.807, 2.05) is 30.5 Å². The van der Waals surface area contributed by atoms with Gasteiger partial charge in [0.05, 0.1) is 0 Å². The Morgan fingerprint density at radius 3 is 2.90 bits per heavy atom. The Hall–Kier alpha value is -2.54. The van der Waals surface area contributed by atoms with Gasteiger partial charge in [0.1, 0.15) is 11.6 Å². The van der Waals surface area contributed by atoms with Gasteiger partial charge in [0, 0.05) is 18.4 Å². The number of unbranched alkanes of at least 4 members (excludes halogenated alkanes) is 1. The van der Waals surface area contributed by atoms with Crippen LogP contribution in [0.25, 0.3) is 6.08 Å². The molecule has 0 saturated heterocycles. The lowest BCUT2D eigenvalue weighted by atomic mass is 10.2. The molecule has 0 aliphatic heterocycles. The molecule has 1 aromatic rings. The highest BCUT2D eigenvalue weighted by molar-refractivity contribution is 5.91. The summed E-state index contributed by atoms with van der Waals surface area (Å²) in [6.07, 6.45) is 12.6. The van der Waals surface area contributed by atoms with Crippen molar-refractivity contribution >= 4 is 12.0 Å². The van der Waals surface area contributed by atoms with E-state index in [1.165, 1.54) is 6.08 Å². The molecule has 1 aromatic heterocycles. The van der Waals surface area contributed by atoms with Gasteiger partial charge in [0.2, 0.25) is 0 Å². The van der Waals surface area contributed by atoms with Gasteiger partial charge in [-0.3, -0.25) is 0 Å². The SMILES string of the molecule is CCCCn1cccc1C=CC=CC=C(C#N)C(=O)O. The predicted molar refractivity (Wildman–Crippen MR) is 78.8 cm³/mol. The number of hydrogen-bond acceptors (Lipinski definition) is 2. The molecule has 20 heavy (non-hydrogen) atoms. The first-order valence-corrected chi connectivity index (χ1v) is 6.52. The quantitative estimate of drug-likeness (QED) is 0.469. The second-order valence-corrected chi connectivity index (χ2v) is 4.22. The topological polar surface area (TPSA) is 66.0 Å². The molecule has 4 heteroatoms. The second kappa shape index (κ2) is 8.54. The van der Waals surface area contributed by atoms with Crippen molar-refractivity contribution in [2.45, 2.75) is 26.3 Å². The van der Waals surface area contributed by atoms with Gasteiger partial charge in [0.25, 0.3) is 0 Å². The molecule has 0 saturated carbocycles. The van der Waals surface area contributed by atoms with Crippen molar-refractivity contribution in [3.63, 3.8) is 0 Å². The van der Waals surface area contributed by atoms with E-state index in [1.54, 1.807) is 18.2 Å². The van der Waals surface area contributed by atoms with Gasteiger partial charge in [-0.1, -0.05) is 31.6 Å². The molecular formula is C16H18N2O2. The number of aliphatic carboxylic acids is 1. The van der Waals surface area contributed by atoms with Gasteiger partial charge in [0.15, 0.2) is 0 Å². The van der Waals surface area contributed by atoms with Crippen LogP contribution in [0.5, 0.6) is 0 Å². The highest BCUT2D eigenvalue weighted by atomic mass is 16.4. The predicted octanol–water partition coefficient (Wildman–Crippen LogP) is 3.39. The lowest BCUT2D eigenvalue weighted by molar-refractivity contribution is -0.132. The van der Waals surface area contributed by atoms with Gasteiger partial charge < -0.3 is 9.67 Å². The zero-order valence-electron chi connectivity index (χ0n) is 11.5. The summed E-state index contributed by atoms with van der Waals surface area (Å²) in [7, 11) is 0. The maximum atomic E-state index is 10.6. The van der Waals surface area contributed by atoms with Crippen molar-refractivity contribution in [3.8, 4) is 6.07 Å². The van der Waals surface area contributed by atoms with E-state index in [0.29, 0.717) is 0 Å². The molecule has 0 aromatic carbocycles. The summed E-state index contributed by atoms with van der Waals surface area (Å²) in [5.41, 5.74) is 0.826. The van der Waals surface area contributed by atoms with Crippen molar-refractivity contribution in [1.82, 2.24) is 4.57 Å². The zero-order chi connectivity index (χ0) is 14.8. The third kappa shape index (κ3) is 4.99. The summed E-state index contributed by atoms with van der Waals surface area (Å²) < 4.78 is 2.17. The number of carboxylic acid groups (broad SMARTS) is 1. The molecule has 0 spiro atoms. The lowest BCUT2D eigenvalue weighted by Gasteiger charge is -2.04. The van der Waals surface area contributed by atoms with Gasteiger partial charge in [-0.15, -0.1) is 0 Å². The third-order valence-corrected chi connectivity index (χ3v) is 2.72. The zero-order valence-corrected chi connectivity index (χ0v) is 11.5. The minimum atomic E-state index is -1.21. The molecule has 0 amide bonds. The Bertz CT molecular complexity index is 572. The fraction of sp³-hybridized carbons (Fsp3) is 0.250. The molecule has 0 aliphatic rings. The van der Waals surface area contributed by atoms with Crippen LogP contribution in [-0.2, 0) is 11.3 Å². The lowest BCUT2D eigenvalue weighted by Crippen LogP contribution is -1.97. The van der Waals surface area contributed by atoms with Crippen LogP contribution in [0.15, 0.2) is 48.2 Å². The van der Waals surface area contributed by atoms with E-state index in [-0.39, 0.29) is 5.57 Å². The first-order valence-electron chi connectivity index (χ1n) is 6.52. The van der Waals surface area contributed by atoms with E-state index in [4.69, 9.17) is 10.4 Å². The number of nitriles is 1. The van der Waals surface area contributed by atoms with Gasteiger partial charge in [-0.2, -0.15) is 5.26 Å². The molecule has 104 valence electrons. The Morgan fingerprint density at radius 1 is 1.45 bits per heavy atom. The van der Waals surface area contributed by atoms with Crippen molar-refractivity contribution < 1.29 is 9.90 Å². The monoisotopic (exact) mass is 270 g/mol. The largest absolute Gasteiger partial charge is 0.477 e. The van der Waals surface area contributed by atoms with Crippen LogP contribution in [0.2, 0.25) is 0 Å². The van der Waals surface area contributed by atoms with Crippen LogP contribution >= 0.6 is 0 Å². The molecule has 0 fully saturated rings. The van der Waals surface area contributed by atoms with Crippen molar-refractivity contribution in [2.24, 2.45) is 0 Å². The summed E-state index contributed by atoms with van der Waals surface area (Å²) >= 11 is 0. The fourth-order valence-corrected chi connectivity index (χ4v) is 1.64. The average Bonchev–Trinajstić information content (AvgIpc) is 2.87. The van der Waals surface area contributed by atoms with Crippen LogP contribution in [0.3, 0.4) is 0 Å². The molecule has 1 heterocycles. The standard InChI is InChI=1S/C16H18N2O2/c1-2-3-11-18-12-7-10-15(18)9-6-4-5-8-14(13-17)16(19)20/h4-10,12H,2-3,11H2,1H3,(H,19,20). The molecule has 0 aliphatic carbocycles. The molecule has 0 atom stereocenters. The van der Waals surface area contributed by atoms with E-state index >= 15 is 0 Å². The van der Waals surface area contributed by atoms with Crippen LogP contribution in [0.1, 0.15) is 25.5 Å². The minimum Gasteiger partial charge on any atom is -0.477 e. The summed E-state index contributed by atoms with van der Waals surface area (Å²) in [6, 6.07) is 5.64. The Labute approximate surface area is 119 Å². The van der Waals surface area contributed by atoms with E-state index < -0.39 is 5.97 Å².